The average molecular weight is 134 g/mol. The maximum absolute atomic E-state index is 10.7. The predicted molar refractivity (Wildman–Crippen MR) is 37.0 cm³/mol. The molecule has 4 heteroatoms. The summed E-state index contributed by atoms with van der Waals surface area (Å²) >= 11 is 0. The lowest BCUT2D eigenvalue weighted by Crippen LogP contribution is -2.04. The van der Waals surface area contributed by atoms with Crippen LogP contribution < -0.4 is 10.9 Å². The summed E-state index contributed by atoms with van der Waals surface area (Å²) in [7, 11) is 0. The number of fused-ring (bicyclic) bond motifs is 1. The topological polar surface area (TPSA) is 59.3 Å². The zero-order chi connectivity index (χ0) is 6.97. The Morgan fingerprint density at radius 1 is 1.40 bits per heavy atom. The minimum Gasteiger partial charge on any atom is -0.305 e. The van der Waals surface area contributed by atoms with Crippen LogP contribution in [0.5, 0.6) is 0 Å². The Balaban J connectivity index is 2.69. The fourth-order valence-corrected chi connectivity index (χ4v) is 0.807. The zero-order valence-corrected chi connectivity index (χ0v) is 5.03. The van der Waals surface area contributed by atoms with Crippen LogP contribution in [-0.2, 0) is 0 Å². The second-order valence-electron chi connectivity index (χ2n) is 1.93. The number of aliphatic imine (C=N–C) groups is 1. The first-order valence-corrected chi connectivity index (χ1v) is 2.83. The third kappa shape index (κ3) is 0.621. The lowest BCUT2D eigenvalue weighted by atomic mass is 10.4. The first-order chi connectivity index (χ1) is 4.86. The largest absolute Gasteiger partial charge is 0.305 e. The number of hydrogen-bond acceptors (Lipinski definition) is 2. The maximum atomic E-state index is 10.7. The molecule has 0 bridgehead atoms. The molecule has 0 aromatic carbocycles. The number of hydrogen-bond donors (Lipinski definition) is 1. The zero-order valence-electron chi connectivity index (χ0n) is 5.03. The van der Waals surface area contributed by atoms with Crippen molar-refractivity contribution in [1.82, 2.24) is 10.3 Å². The van der Waals surface area contributed by atoms with Gasteiger partial charge in [0.25, 0.3) is 0 Å². The molecule has 1 N–H and O–H groups in total. The molecule has 0 fully saturated rings. The Kier molecular flexibility index (Phi) is 0.887. The van der Waals surface area contributed by atoms with E-state index >= 15 is 0 Å². The number of pyridine rings is 1. The summed E-state index contributed by atoms with van der Waals surface area (Å²) in [6.45, 7) is 0. The molecule has 0 amide bonds. The van der Waals surface area contributed by atoms with Crippen molar-refractivity contribution in [2.75, 3.05) is 0 Å². The Labute approximate surface area is 56.6 Å². The van der Waals surface area contributed by atoms with Crippen molar-refractivity contribution in [3.05, 3.63) is 22.5 Å². The van der Waals surface area contributed by atoms with Gasteiger partial charge < -0.3 is 4.98 Å². The molecular weight excluding hydrogens is 130 g/mol. The number of nitrogens with zero attached hydrogens (tertiary/aromatic N) is 2. The van der Waals surface area contributed by atoms with Crippen LogP contribution in [0, 0.1) is 0 Å². The van der Waals surface area contributed by atoms with Crippen LogP contribution in [0.3, 0.4) is 0 Å². The summed E-state index contributed by atoms with van der Waals surface area (Å²) in [4.78, 5) is 17.1. The Morgan fingerprint density at radius 3 is 3.20 bits per heavy atom. The molecule has 2 heterocycles. The molecule has 10 heavy (non-hydrogen) atoms. The van der Waals surface area contributed by atoms with Crippen LogP contribution in [0.2, 0.25) is 0 Å². The molecule has 0 saturated carbocycles. The first kappa shape index (κ1) is 5.22. The van der Waals surface area contributed by atoms with Crippen molar-refractivity contribution >= 4 is 17.8 Å². The predicted octanol–water partition coefficient (Wildman–Crippen LogP) is 0.284. The van der Waals surface area contributed by atoms with E-state index in [0.717, 1.165) is 5.69 Å². The molecule has 0 unspecified atom stereocenters. The third-order valence-electron chi connectivity index (χ3n) is 1.26. The molecule has 0 atom stereocenters. The quantitative estimate of drug-likeness (QED) is 0.544. The summed E-state index contributed by atoms with van der Waals surface area (Å²) in [6, 6.07) is 3.07. The van der Waals surface area contributed by atoms with E-state index in [1.807, 2.05) is 0 Å². The average Bonchev–Trinajstić information content (AvgIpc) is 2.33. The van der Waals surface area contributed by atoms with Gasteiger partial charge in [-0.3, -0.25) is 4.79 Å². The summed E-state index contributed by atoms with van der Waals surface area (Å²) < 4.78 is 0. The number of rotatable bonds is 0. The van der Waals surface area contributed by atoms with Gasteiger partial charge in [0, 0.05) is 6.07 Å². The fraction of sp³-hybridized carbons (Fsp3) is 0. The minimum atomic E-state index is -0.145. The number of aromatic amines is 1. The van der Waals surface area contributed by atoms with E-state index in [4.69, 9.17) is 0 Å². The molecule has 1 radical (unpaired) electrons. The lowest BCUT2D eigenvalue weighted by molar-refractivity contribution is 1.15. The van der Waals surface area contributed by atoms with E-state index in [1.54, 1.807) is 6.07 Å². The van der Waals surface area contributed by atoms with Gasteiger partial charge in [-0.15, -0.1) is 0 Å². The van der Waals surface area contributed by atoms with E-state index in [2.05, 4.69) is 15.3 Å². The lowest BCUT2D eigenvalue weighted by Gasteiger charge is -1.90. The highest BCUT2D eigenvalue weighted by Gasteiger charge is 2.05. The van der Waals surface area contributed by atoms with Crippen LogP contribution in [-0.4, -0.2) is 11.3 Å². The molecule has 0 aliphatic carbocycles. The smallest absolute Gasteiger partial charge is 0.249 e. The molecule has 4 nitrogen and oxygen atoms in total. The highest BCUT2D eigenvalue weighted by Crippen LogP contribution is 2.22. The molecule has 0 spiro atoms. The number of H-pyrrole nitrogens is 1. The maximum Gasteiger partial charge on any atom is 0.249 e. The molecule has 2 rings (SSSR count). The van der Waals surface area contributed by atoms with Crippen LogP contribution >= 0.6 is 0 Å². The summed E-state index contributed by atoms with van der Waals surface area (Å²) in [5.41, 5.74) is 0.576. The van der Waals surface area contributed by atoms with Crippen LogP contribution in [0.1, 0.15) is 0 Å². The molecule has 0 saturated heterocycles. The van der Waals surface area contributed by atoms with Crippen LogP contribution in [0.15, 0.2) is 21.9 Å². The van der Waals surface area contributed by atoms with Gasteiger partial charge in [0.2, 0.25) is 5.56 Å². The Bertz CT molecular complexity index is 339. The number of nitrogens with one attached hydrogen (secondary N) is 1. The molecule has 1 aromatic rings. The number of aromatic nitrogens is 1. The standard InChI is InChI=1S/C6H4N3O/c10-5-2-1-4-6(9-5)8-3-7-4/h1-3H,(H,9,10). The normalized spacial score (nSPS) is 12.8. The highest BCUT2D eigenvalue weighted by molar-refractivity contribution is 5.78. The van der Waals surface area contributed by atoms with Crippen molar-refractivity contribution in [3.63, 3.8) is 0 Å². The molecule has 49 valence electrons. The molecular formula is C6H4N3O. The minimum absolute atomic E-state index is 0.145. The van der Waals surface area contributed by atoms with E-state index < -0.39 is 0 Å². The second-order valence-corrected chi connectivity index (χ2v) is 1.93. The summed E-state index contributed by atoms with van der Waals surface area (Å²) in [5.74, 6) is 0.549. The van der Waals surface area contributed by atoms with Crippen molar-refractivity contribution in [3.8, 4) is 0 Å². The van der Waals surface area contributed by atoms with Gasteiger partial charge in [-0.05, 0) is 6.07 Å². The van der Waals surface area contributed by atoms with Gasteiger partial charge in [0.05, 0.1) is 0 Å². The summed E-state index contributed by atoms with van der Waals surface area (Å²) in [5, 5.41) is 3.81. The van der Waals surface area contributed by atoms with Gasteiger partial charge >= 0.3 is 0 Å². The van der Waals surface area contributed by atoms with E-state index in [9.17, 15) is 4.79 Å². The third-order valence-corrected chi connectivity index (χ3v) is 1.26. The molecule has 1 aromatic heterocycles. The first-order valence-electron chi connectivity index (χ1n) is 2.83. The Hall–Kier alpha value is -1.58. The van der Waals surface area contributed by atoms with Crippen molar-refractivity contribution in [1.29, 1.82) is 0 Å². The van der Waals surface area contributed by atoms with Crippen molar-refractivity contribution < 1.29 is 0 Å². The van der Waals surface area contributed by atoms with Gasteiger partial charge in [0.15, 0.2) is 5.82 Å². The summed E-state index contributed by atoms with van der Waals surface area (Å²) in [6.07, 6.45) is 1.42. The fourth-order valence-electron chi connectivity index (χ4n) is 0.807. The van der Waals surface area contributed by atoms with Gasteiger partial charge in [-0.25, -0.2) is 10.3 Å². The van der Waals surface area contributed by atoms with E-state index in [0.29, 0.717) is 5.82 Å². The highest BCUT2D eigenvalue weighted by atomic mass is 16.1. The van der Waals surface area contributed by atoms with Crippen LogP contribution in [0.25, 0.3) is 0 Å². The Morgan fingerprint density at radius 2 is 2.30 bits per heavy atom. The second kappa shape index (κ2) is 1.70. The SMILES string of the molecule is O=c1ccc2c([nH]1)[N]C=N2. The van der Waals surface area contributed by atoms with Gasteiger partial charge in [0.1, 0.15) is 12.0 Å². The molecule has 1 aliphatic heterocycles. The van der Waals surface area contributed by atoms with Crippen molar-refractivity contribution in [2.45, 2.75) is 0 Å². The van der Waals surface area contributed by atoms with E-state index in [1.165, 1.54) is 12.4 Å². The van der Waals surface area contributed by atoms with Crippen molar-refractivity contribution in [2.24, 2.45) is 4.99 Å². The van der Waals surface area contributed by atoms with E-state index in [-0.39, 0.29) is 5.56 Å². The van der Waals surface area contributed by atoms with Crippen LogP contribution in [0.4, 0.5) is 11.5 Å². The molecule has 1 aliphatic rings. The van der Waals surface area contributed by atoms with Gasteiger partial charge in [-0.1, -0.05) is 0 Å². The van der Waals surface area contributed by atoms with Gasteiger partial charge in [-0.2, -0.15) is 0 Å². The monoisotopic (exact) mass is 134 g/mol.